The average Bonchev–Trinajstić information content (AvgIpc) is 2.51. The molecule has 0 fully saturated rings. The second-order valence-electron chi connectivity index (χ2n) is 4.99. The molecule has 21 heavy (non-hydrogen) atoms. The summed E-state index contributed by atoms with van der Waals surface area (Å²) in [5.74, 6) is 1.26. The number of hydrogen-bond donors (Lipinski definition) is 0. The number of carbonyl (C=O) groups excluding carboxylic acids is 1. The van der Waals surface area contributed by atoms with Crippen LogP contribution in [0.4, 0.5) is 5.95 Å². The number of ketones is 1. The van der Waals surface area contributed by atoms with Crippen LogP contribution in [0, 0.1) is 0 Å². The zero-order valence-electron chi connectivity index (χ0n) is 11.9. The van der Waals surface area contributed by atoms with E-state index in [0.29, 0.717) is 22.8 Å². The van der Waals surface area contributed by atoms with E-state index in [0.717, 1.165) is 5.56 Å². The van der Waals surface area contributed by atoms with Crippen molar-refractivity contribution in [3.05, 3.63) is 53.4 Å². The van der Waals surface area contributed by atoms with E-state index < -0.39 is 0 Å². The zero-order valence-corrected chi connectivity index (χ0v) is 11.9. The van der Waals surface area contributed by atoms with E-state index in [9.17, 15) is 4.79 Å². The highest BCUT2D eigenvalue weighted by molar-refractivity contribution is 6.13. The molecule has 0 aliphatic carbocycles. The molecule has 1 aliphatic heterocycles. The van der Waals surface area contributed by atoms with Crippen molar-refractivity contribution in [1.29, 1.82) is 0 Å². The van der Waals surface area contributed by atoms with Crippen LogP contribution < -0.4 is 9.64 Å². The molecule has 0 bridgehead atoms. The van der Waals surface area contributed by atoms with E-state index in [1.54, 1.807) is 30.6 Å². The molecule has 0 atom stereocenters. The van der Waals surface area contributed by atoms with E-state index in [2.05, 4.69) is 9.97 Å². The molecule has 106 valence electrons. The summed E-state index contributed by atoms with van der Waals surface area (Å²) < 4.78 is 5.60. The van der Waals surface area contributed by atoms with Gasteiger partial charge in [-0.25, -0.2) is 9.97 Å². The summed E-state index contributed by atoms with van der Waals surface area (Å²) in [4.78, 5) is 22.7. The Hall–Kier alpha value is -2.69. The normalized spacial score (nSPS) is 15.5. The van der Waals surface area contributed by atoms with Crippen LogP contribution in [0.5, 0.6) is 5.75 Å². The number of aromatic nitrogens is 2. The number of para-hydroxylation sites is 1. The maximum absolute atomic E-state index is 12.4. The minimum absolute atomic E-state index is 0.00599. The molecule has 0 radical (unpaired) electrons. The molecule has 0 saturated heterocycles. The Kier molecular flexibility index (Phi) is 3.39. The van der Waals surface area contributed by atoms with Gasteiger partial charge in [0.15, 0.2) is 5.78 Å². The molecule has 1 aromatic heterocycles. The van der Waals surface area contributed by atoms with Crippen LogP contribution in [0.3, 0.4) is 0 Å². The minimum atomic E-state index is -0.00599. The Labute approximate surface area is 122 Å². The van der Waals surface area contributed by atoms with Gasteiger partial charge >= 0.3 is 0 Å². The van der Waals surface area contributed by atoms with Crippen molar-refractivity contribution in [1.82, 2.24) is 9.97 Å². The van der Waals surface area contributed by atoms with Crippen molar-refractivity contribution in [3.63, 3.8) is 0 Å². The SMILES string of the molecule is CN(C)c1ncc(/C=C2\COc3ccccc3C2=O)cn1. The quantitative estimate of drug-likeness (QED) is 0.790. The van der Waals surface area contributed by atoms with Gasteiger partial charge in [-0.3, -0.25) is 4.79 Å². The standard InChI is InChI=1S/C16H15N3O2/c1-19(2)16-17-8-11(9-18-16)7-12-10-21-14-6-4-3-5-13(14)15(12)20/h3-9H,10H2,1-2H3/b12-7+. The maximum Gasteiger partial charge on any atom is 0.224 e. The number of Topliss-reactive ketones (excluding diaryl/α,β-unsaturated/α-hetero) is 1. The highest BCUT2D eigenvalue weighted by Crippen LogP contribution is 2.27. The largest absolute Gasteiger partial charge is 0.488 e. The number of benzene rings is 1. The molecule has 0 unspecified atom stereocenters. The van der Waals surface area contributed by atoms with Gasteiger partial charge in [-0.2, -0.15) is 0 Å². The van der Waals surface area contributed by atoms with Gasteiger partial charge in [0.25, 0.3) is 0 Å². The third-order valence-electron chi connectivity index (χ3n) is 3.21. The van der Waals surface area contributed by atoms with E-state index >= 15 is 0 Å². The molecular formula is C16H15N3O2. The summed E-state index contributed by atoms with van der Waals surface area (Å²) in [5.41, 5.74) is 1.99. The van der Waals surface area contributed by atoms with Crippen LogP contribution in [-0.4, -0.2) is 36.5 Å². The smallest absolute Gasteiger partial charge is 0.224 e. The molecule has 2 aromatic rings. The lowest BCUT2D eigenvalue weighted by molar-refractivity contribution is 0.100. The van der Waals surface area contributed by atoms with Gasteiger partial charge in [-0.15, -0.1) is 0 Å². The van der Waals surface area contributed by atoms with E-state index in [4.69, 9.17) is 4.74 Å². The number of ether oxygens (including phenoxy) is 1. The second kappa shape index (κ2) is 5.36. The number of fused-ring (bicyclic) bond motifs is 1. The Balaban J connectivity index is 1.89. The van der Waals surface area contributed by atoms with Crippen molar-refractivity contribution in [3.8, 4) is 5.75 Å². The monoisotopic (exact) mass is 281 g/mol. The fraction of sp³-hybridized carbons (Fsp3) is 0.188. The first-order chi connectivity index (χ1) is 10.1. The molecule has 0 N–H and O–H groups in total. The van der Waals surface area contributed by atoms with Crippen molar-refractivity contribution >= 4 is 17.8 Å². The molecule has 5 nitrogen and oxygen atoms in total. The summed E-state index contributed by atoms with van der Waals surface area (Å²) in [6.07, 6.45) is 5.17. The Morgan fingerprint density at radius 3 is 2.62 bits per heavy atom. The third kappa shape index (κ3) is 2.63. The summed E-state index contributed by atoms with van der Waals surface area (Å²) in [7, 11) is 3.76. The number of anilines is 1. The molecule has 2 heterocycles. The van der Waals surface area contributed by atoms with Gasteiger partial charge in [0.1, 0.15) is 12.4 Å². The van der Waals surface area contributed by atoms with E-state index in [1.165, 1.54) is 0 Å². The molecule has 3 rings (SSSR count). The van der Waals surface area contributed by atoms with Crippen LogP contribution in [-0.2, 0) is 0 Å². The van der Waals surface area contributed by atoms with Gasteiger partial charge in [0, 0.05) is 37.6 Å². The lowest BCUT2D eigenvalue weighted by Crippen LogP contribution is -2.19. The predicted octanol–water partition coefficient (Wildman–Crippen LogP) is 2.20. The first kappa shape index (κ1) is 13.3. The highest BCUT2D eigenvalue weighted by Gasteiger charge is 2.22. The van der Waals surface area contributed by atoms with Gasteiger partial charge in [0.05, 0.1) is 5.56 Å². The van der Waals surface area contributed by atoms with Gasteiger partial charge in [-0.1, -0.05) is 12.1 Å². The molecule has 1 aliphatic rings. The Bertz CT molecular complexity index is 706. The van der Waals surface area contributed by atoms with Gasteiger partial charge < -0.3 is 9.64 Å². The van der Waals surface area contributed by atoms with Crippen LogP contribution in [0.1, 0.15) is 15.9 Å². The van der Waals surface area contributed by atoms with Crippen LogP contribution in [0.2, 0.25) is 0 Å². The first-order valence-electron chi connectivity index (χ1n) is 6.61. The second-order valence-corrected chi connectivity index (χ2v) is 4.99. The van der Waals surface area contributed by atoms with Crippen LogP contribution in [0.15, 0.2) is 42.2 Å². The molecule has 0 saturated carbocycles. The molecule has 0 amide bonds. The lowest BCUT2D eigenvalue weighted by Gasteiger charge is -2.18. The third-order valence-corrected chi connectivity index (χ3v) is 3.21. The molecular weight excluding hydrogens is 266 g/mol. The number of rotatable bonds is 2. The zero-order chi connectivity index (χ0) is 14.8. The average molecular weight is 281 g/mol. The summed E-state index contributed by atoms with van der Waals surface area (Å²) in [6, 6.07) is 7.27. The van der Waals surface area contributed by atoms with Gasteiger partial charge in [0.2, 0.25) is 5.95 Å². The topological polar surface area (TPSA) is 55.3 Å². The van der Waals surface area contributed by atoms with E-state index in [-0.39, 0.29) is 12.4 Å². The summed E-state index contributed by atoms with van der Waals surface area (Å²) in [5, 5.41) is 0. The number of carbonyl (C=O) groups is 1. The Morgan fingerprint density at radius 2 is 1.90 bits per heavy atom. The fourth-order valence-corrected chi connectivity index (χ4v) is 2.12. The first-order valence-corrected chi connectivity index (χ1v) is 6.61. The molecule has 5 heteroatoms. The summed E-state index contributed by atoms with van der Waals surface area (Å²) >= 11 is 0. The highest BCUT2D eigenvalue weighted by atomic mass is 16.5. The minimum Gasteiger partial charge on any atom is -0.488 e. The Morgan fingerprint density at radius 1 is 1.19 bits per heavy atom. The molecule has 0 spiro atoms. The van der Waals surface area contributed by atoms with Crippen molar-refractivity contribution < 1.29 is 9.53 Å². The lowest BCUT2D eigenvalue weighted by atomic mass is 9.99. The van der Waals surface area contributed by atoms with Crippen molar-refractivity contribution in [2.75, 3.05) is 25.6 Å². The van der Waals surface area contributed by atoms with Crippen LogP contribution in [0.25, 0.3) is 6.08 Å². The van der Waals surface area contributed by atoms with E-state index in [1.807, 2.05) is 31.1 Å². The fourth-order valence-electron chi connectivity index (χ4n) is 2.12. The number of hydrogen-bond acceptors (Lipinski definition) is 5. The van der Waals surface area contributed by atoms with Crippen molar-refractivity contribution in [2.45, 2.75) is 0 Å². The maximum atomic E-state index is 12.4. The van der Waals surface area contributed by atoms with Crippen molar-refractivity contribution in [2.24, 2.45) is 0 Å². The van der Waals surface area contributed by atoms with Gasteiger partial charge in [-0.05, 0) is 18.2 Å². The van der Waals surface area contributed by atoms with Crippen LogP contribution >= 0.6 is 0 Å². The predicted molar refractivity (Wildman–Crippen MR) is 80.6 cm³/mol. The summed E-state index contributed by atoms with van der Waals surface area (Å²) in [6.45, 7) is 0.269. The number of nitrogens with zero attached hydrogens (tertiary/aromatic N) is 3. The molecule has 1 aromatic carbocycles.